The second-order valence-corrected chi connectivity index (χ2v) is 5.32. The van der Waals surface area contributed by atoms with Crippen LogP contribution in [0.3, 0.4) is 0 Å². The van der Waals surface area contributed by atoms with Crippen molar-refractivity contribution in [2.75, 3.05) is 0 Å². The van der Waals surface area contributed by atoms with E-state index >= 15 is 0 Å². The molecule has 2 aromatic rings. The summed E-state index contributed by atoms with van der Waals surface area (Å²) in [5.41, 5.74) is 0.800. The zero-order valence-electron chi connectivity index (χ0n) is 11.1. The normalized spacial score (nSPS) is 10.8. The van der Waals surface area contributed by atoms with Crippen molar-refractivity contribution in [2.45, 2.75) is 39.7 Å². The van der Waals surface area contributed by atoms with Gasteiger partial charge >= 0.3 is 5.69 Å². The van der Waals surface area contributed by atoms with E-state index in [1.807, 2.05) is 12.3 Å². The molecular weight excluding hydrogens is 262 g/mol. The Morgan fingerprint density at radius 1 is 1.37 bits per heavy atom. The summed E-state index contributed by atoms with van der Waals surface area (Å²) in [7, 11) is 0. The molecule has 0 aromatic carbocycles. The second kappa shape index (κ2) is 5.97. The van der Waals surface area contributed by atoms with Crippen molar-refractivity contribution >= 4 is 11.3 Å². The minimum Gasteiger partial charge on any atom is -0.294 e. The minimum atomic E-state index is -0.382. The van der Waals surface area contributed by atoms with Crippen molar-refractivity contribution in [3.8, 4) is 0 Å². The van der Waals surface area contributed by atoms with E-state index in [1.165, 1.54) is 4.57 Å². The summed E-state index contributed by atoms with van der Waals surface area (Å²) in [6, 6.07) is 0. The summed E-state index contributed by atoms with van der Waals surface area (Å²) in [6.07, 6.45) is 4.25. The fourth-order valence-corrected chi connectivity index (χ4v) is 2.74. The molecule has 0 aliphatic heterocycles. The molecule has 0 atom stereocenters. The van der Waals surface area contributed by atoms with Crippen LogP contribution in [0.1, 0.15) is 36.5 Å². The number of nitrogens with zero attached hydrogens (tertiary/aromatic N) is 2. The van der Waals surface area contributed by atoms with Gasteiger partial charge in [0, 0.05) is 17.1 Å². The van der Waals surface area contributed by atoms with Crippen molar-refractivity contribution in [3.63, 3.8) is 0 Å². The average Bonchev–Trinajstić information content (AvgIpc) is 2.81. The van der Waals surface area contributed by atoms with E-state index < -0.39 is 0 Å². The van der Waals surface area contributed by atoms with Gasteiger partial charge in [-0.15, -0.1) is 11.3 Å². The topological polar surface area (TPSA) is 67.8 Å². The molecule has 0 amide bonds. The first-order valence-electron chi connectivity index (χ1n) is 6.40. The van der Waals surface area contributed by atoms with E-state index in [0.29, 0.717) is 18.5 Å². The summed E-state index contributed by atoms with van der Waals surface area (Å²) >= 11 is 1.61. The highest BCUT2D eigenvalue weighted by molar-refractivity contribution is 7.09. The Labute approximate surface area is 115 Å². The summed E-state index contributed by atoms with van der Waals surface area (Å²) in [6.45, 7) is 4.41. The lowest BCUT2D eigenvalue weighted by Crippen LogP contribution is -2.31. The van der Waals surface area contributed by atoms with Crippen LogP contribution in [0.4, 0.5) is 0 Å². The molecule has 2 rings (SSSR count). The van der Waals surface area contributed by atoms with Gasteiger partial charge in [0.25, 0.3) is 5.56 Å². The molecule has 19 heavy (non-hydrogen) atoms. The lowest BCUT2D eigenvalue weighted by atomic mass is 10.2. The van der Waals surface area contributed by atoms with Crippen LogP contribution in [0, 0.1) is 0 Å². The number of nitrogens with one attached hydrogen (secondary N) is 1. The summed E-state index contributed by atoms with van der Waals surface area (Å²) < 4.78 is 1.50. The number of aromatic nitrogens is 3. The average molecular weight is 279 g/mol. The molecule has 102 valence electrons. The van der Waals surface area contributed by atoms with Crippen LogP contribution < -0.4 is 11.2 Å². The third-order valence-electron chi connectivity index (χ3n) is 2.86. The van der Waals surface area contributed by atoms with E-state index in [-0.39, 0.29) is 11.2 Å². The van der Waals surface area contributed by atoms with Crippen LogP contribution >= 0.6 is 11.3 Å². The van der Waals surface area contributed by atoms with Gasteiger partial charge in [-0.1, -0.05) is 13.8 Å². The van der Waals surface area contributed by atoms with Crippen LogP contribution in [0.15, 0.2) is 21.2 Å². The highest BCUT2D eigenvalue weighted by Crippen LogP contribution is 2.12. The fraction of sp³-hybridized carbons (Fsp3) is 0.462. The molecular formula is C13H17N3O2S. The van der Waals surface area contributed by atoms with Crippen LogP contribution in [0.25, 0.3) is 0 Å². The van der Waals surface area contributed by atoms with E-state index in [9.17, 15) is 9.59 Å². The Hall–Kier alpha value is -1.69. The number of aryl methyl sites for hydroxylation is 2. The van der Waals surface area contributed by atoms with Gasteiger partial charge in [0.2, 0.25) is 0 Å². The van der Waals surface area contributed by atoms with Crippen molar-refractivity contribution in [1.82, 2.24) is 14.5 Å². The Bertz CT molecular complexity index is 669. The van der Waals surface area contributed by atoms with Crippen molar-refractivity contribution < 1.29 is 0 Å². The predicted octanol–water partition coefficient (Wildman–Crippen LogP) is 1.56. The molecule has 0 saturated carbocycles. The number of aromatic amines is 1. The van der Waals surface area contributed by atoms with Gasteiger partial charge in [0.05, 0.1) is 17.2 Å². The molecule has 0 radical (unpaired) electrons. The number of rotatable bonds is 5. The second-order valence-electron chi connectivity index (χ2n) is 4.38. The SMILES string of the molecule is CCCc1nc(Cn2cc(CC)c(=O)[nH]c2=O)cs1. The predicted molar refractivity (Wildman–Crippen MR) is 75.9 cm³/mol. The Balaban J connectivity index is 2.27. The van der Waals surface area contributed by atoms with Gasteiger partial charge in [-0.2, -0.15) is 0 Å². The highest BCUT2D eigenvalue weighted by Gasteiger charge is 2.06. The maximum atomic E-state index is 11.7. The Kier molecular flexibility index (Phi) is 4.31. The zero-order chi connectivity index (χ0) is 13.8. The minimum absolute atomic E-state index is 0.298. The van der Waals surface area contributed by atoms with E-state index in [1.54, 1.807) is 17.5 Å². The third kappa shape index (κ3) is 3.20. The molecule has 0 saturated heterocycles. The van der Waals surface area contributed by atoms with E-state index in [4.69, 9.17) is 0 Å². The maximum Gasteiger partial charge on any atom is 0.328 e. The number of H-pyrrole nitrogens is 1. The fourth-order valence-electron chi connectivity index (χ4n) is 1.85. The van der Waals surface area contributed by atoms with Crippen molar-refractivity contribution in [2.24, 2.45) is 0 Å². The first kappa shape index (κ1) is 13.7. The number of hydrogen-bond donors (Lipinski definition) is 1. The molecule has 0 spiro atoms. The van der Waals surface area contributed by atoms with Gasteiger partial charge < -0.3 is 0 Å². The van der Waals surface area contributed by atoms with Crippen LogP contribution in [-0.4, -0.2) is 14.5 Å². The first-order chi connectivity index (χ1) is 9.13. The molecule has 5 nitrogen and oxygen atoms in total. The number of hydrogen-bond acceptors (Lipinski definition) is 4. The molecule has 0 bridgehead atoms. The van der Waals surface area contributed by atoms with Gasteiger partial charge in [-0.05, 0) is 19.3 Å². The van der Waals surface area contributed by atoms with Gasteiger partial charge in [0.15, 0.2) is 0 Å². The smallest absolute Gasteiger partial charge is 0.294 e. The summed E-state index contributed by atoms with van der Waals surface area (Å²) in [5.74, 6) is 0. The molecule has 1 N–H and O–H groups in total. The van der Waals surface area contributed by atoms with Crippen molar-refractivity contribution in [1.29, 1.82) is 0 Å². The lowest BCUT2D eigenvalue weighted by Gasteiger charge is -2.04. The van der Waals surface area contributed by atoms with E-state index in [0.717, 1.165) is 23.5 Å². The molecule has 0 fully saturated rings. The standard InChI is InChI=1S/C13H17N3O2S/c1-3-5-11-14-10(8-19-11)7-16-6-9(4-2)12(17)15-13(16)18/h6,8H,3-5,7H2,1-2H3,(H,15,17,18). The van der Waals surface area contributed by atoms with Crippen molar-refractivity contribution in [3.05, 3.63) is 48.7 Å². The van der Waals surface area contributed by atoms with Crippen LogP contribution in [0.2, 0.25) is 0 Å². The zero-order valence-corrected chi connectivity index (χ0v) is 11.9. The molecule has 0 aliphatic carbocycles. The molecule has 2 heterocycles. The summed E-state index contributed by atoms with van der Waals surface area (Å²) in [4.78, 5) is 30.0. The van der Waals surface area contributed by atoms with E-state index in [2.05, 4.69) is 16.9 Å². The lowest BCUT2D eigenvalue weighted by molar-refractivity contribution is 0.694. The molecule has 0 unspecified atom stereocenters. The maximum absolute atomic E-state index is 11.7. The van der Waals surface area contributed by atoms with Gasteiger partial charge in [-0.25, -0.2) is 9.78 Å². The highest BCUT2D eigenvalue weighted by atomic mass is 32.1. The quantitative estimate of drug-likeness (QED) is 0.903. The Morgan fingerprint density at radius 3 is 2.84 bits per heavy atom. The Morgan fingerprint density at radius 2 is 2.16 bits per heavy atom. The summed E-state index contributed by atoms with van der Waals surface area (Å²) in [5, 5.41) is 3.06. The van der Waals surface area contributed by atoms with Crippen LogP contribution in [0.5, 0.6) is 0 Å². The molecule has 6 heteroatoms. The largest absolute Gasteiger partial charge is 0.328 e. The molecule has 2 aromatic heterocycles. The third-order valence-corrected chi connectivity index (χ3v) is 3.82. The monoisotopic (exact) mass is 279 g/mol. The van der Waals surface area contributed by atoms with Gasteiger partial charge in [-0.3, -0.25) is 14.3 Å². The van der Waals surface area contributed by atoms with Gasteiger partial charge in [0.1, 0.15) is 0 Å². The van der Waals surface area contributed by atoms with Crippen LogP contribution in [-0.2, 0) is 19.4 Å². The number of thiazole rings is 1. The molecule has 0 aliphatic rings. The first-order valence-corrected chi connectivity index (χ1v) is 7.28.